The van der Waals surface area contributed by atoms with Crippen molar-refractivity contribution in [2.24, 2.45) is 5.73 Å². The van der Waals surface area contributed by atoms with E-state index in [2.05, 4.69) is 38.5 Å². The maximum Gasteiger partial charge on any atom is 0.138 e. The zero-order valence-corrected chi connectivity index (χ0v) is 18.7. The molecule has 0 aliphatic carbocycles. The van der Waals surface area contributed by atoms with Gasteiger partial charge in [0.15, 0.2) is 0 Å². The van der Waals surface area contributed by atoms with Gasteiger partial charge in [0, 0.05) is 16.0 Å². The molecule has 0 fully saturated rings. The number of nitrogens with one attached hydrogen (secondary N) is 1. The maximum absolute atomic E-state index is 13.6. The van der Waals surface area contributed by atoms with E-state index in [9.17, 15) is 4.39 Å². The molecule has 4 nitrogen and oxygen atoms in total. The van der Waals surface area contributed by atoms with Crippen LogP contribution < -0.4 is 5.73 Å². The van der Waals surface area contributed by atoms with Crippen molar-refractivity contribution < 1.29 is 9.50 Å². The van der Waals surface area contributed by atoms with Gasteiger partial charge in [-0.3, -0.25) is 0 Å². The maximum atomic E-state index is 13.6. The average Bonchev–Trinajstić information content (AvgIpc) is 3.09. The van der Waals surface area contributed by atoms with Gasteiger partial charge in [-0.15, -0.1) is 12.6 Å². The molecule has 0 radical (unpaired) electrons. The Balaban J connectivity index is 0.000000345. The fraction of sp³-hybridized carbons (Fsp3) is 0.250. The summed E-state index contributed by atoms with van der Waals surface area (Å²) >= 11 is 13.4. The van der Waals surface area contributed by atoms with Crippen molar-refractivity contribution in [3.05, 3.63) is 57.9 Å². The number of nitrogens with two attached hydrogens (primary N) is 1. The van der Waals surface area contributed by atoms with Crippen molar-refractivity contribution in [3.8, 4) is 22.6 Å². The number of benzene rings is 2. The van der Waals surface area contributed by atoms with Crippen LogP contribution in [-0.4, -0.2) is 27.2 Å². The quantitative estimate of drug-likeness (QED) is 0.358. The Labute approximate surface area is 182 Å². The molecule has 2 aromatic carbocycles. The zero-order chi connectivity index (χ0) is 20.9. The van der Waals surface area contributed by atoms with E-state index in [1.807, 2.05) is 18.2 Å². The monoisotopic (exact) mass is 485 g/mol. The van der Waals surface area contributed by atoms with E-state index < -0.39 is 5.60 Å². The summed E-state index contributed by atoms with van der Waals surface area (Å²) in [6.07, 6.45) is 2.35. The number of aliphatic hydroxyl groups is 1. The number of aromatic nitrogens is 2. The van der Waals surface area contributed by atoms with Gasteiger partial charge in [0.2, 0.25) is 0 Å². The van der Waals surface area contributed by atoms with E-state index >= 15 is 0 Å². The lowest BCUT2D eigenvalue weighted by Gasteiger charge is -2.13. The van der Waals surface area contributed by atoms with Crippen LogP contribution in [0.15, 0.2) is 52.0 Å². The minimum Gasteiger partial charge on any atom is -0.390 e. The number of halogens is 3. The Morgan fingerprint density at radius 1 is 1.25 bits per heavy atom. The van der Waals surface area contributed by atoms with Crippen LogP contribution in [-0.2, 0) is 0 Å². The SMILES string of the molecule is CC(C)(O)CCN.Fc1cc(-c2cnc(-c3ccc(Cl)c(S)c3)[nH]2)ccc1Br. The highest BCUT2D eigenvalue weighted by atomic mass is 79.9. The van der Waals surface area contributed by atoms with Crippen molar-refractivity contribution in [1.29, 1.82) is 0 Å². The molecule has 8 heteroatoms. The number of aromatic amines is 1. The molecular formula is C20H22BrClFN3OS. The molecule has 0 saturated heterocycles. The van der Waals surface area contributed by atoms with E-state index in [1.54, 1.807) is 32.2 Å². The van der Waals surface area contributed by atoms with Gasteiger partial charge in [-0.25, -0.2) is 9.37 Å². The molecule has 150 valence electrons. The molecule has 0 spiro atoms. The third-order valence-electron chi connectivity index (χ3n) is 3.78. The Kier molecular flexibility index (Phi) is 8.09. The number of rotatable bonds is 4. The first-order chi connectivity index (χ1) is 13.1. The molecule has 0 unspecified atom stereocenters. The predicted octanol–water partition coefficient (Wildman–Crippen LogP) is 5.69. The molecule has 4 N–H and O–H groups in total. The predicted molar refractivity (Wildman–Crippen MR) is 119 cm³/mol. The van der Waals surface area contributed by atoms with E-state index in [1.165, 1.54) is 6.07 Å². The molecule has 3 aromatic rings. The first kappa shape index (κ1) is 22.9. The Bertz CT molecular complexity index is 877. The summed E-state index contributed by atoms with van der Waals surface area (Å²) in [4.78, 5) is 8.17. The molecule has 0 aliphatic rings. The van der Waals surface area contributed by atoms with Gasteiger partial charge in [-0.05, 0) is 73.1 Å². The van der Waals surface area contributed by atoms with Gasteiger partial charge in [0.05, 0.1) is 27.0 Å². The lowest BCUT2D eigenvalue weighted by molar-refractivity contribution is 0.0737. The number of nitrogens with zero attached hydrogens (tertiary/aromatic N) is 1. The molecule has 3 rings (SSSR count). The van der Waals surface area contributed by atoms with E-state index in [0.717, 1.165) is 16.8 Å². The van der Waals surface area contributed by atoms with Crippen molar-refractivity contribution in [3.63, 3.8) is 0 Å². The number of hydrogen-bond acceptors (Lipinski definition) is 4. The molecule has 0 bridgehead atoms. The van der Waals surface area contributed by atoms with Crippen LogP contribution in [0.5, 0.6) is 0 Å². The van der Waals surface area contributed by atoms with Crippen molar-refractivity contribution >= 4 is 40.2 Å². The first-order valence-corrected chi connectivity index (χ1v) is 10.1. The van der Waals surface area contributed by atoms with Gasteiger partial charge in [-0.1, -0.05) is 17.7 Å². The van der Waals surface area contributed by atoms with Crippen LogP contribution in [0.3, 0.4) is 0 Å². The highest BCUT2D eigenvalue weighted by Crippen LogP contribution is 2.28. The van der Waals surface area contributed by atoms with E-state index in [4.69, 9.17) is 22.4 Å². The van der Waals surface area contributed by atoms with Crippen LogP contribution >= 0.6 is 40.2 Å². The normalized spacial score (nSPS) is 11.1. The highest BCUT2D eigenvalue weighted by Gasteiger charge is 2.09. The van der Waals surface area contributed by atoms with Gasteiger partial charge >= 0.3 is 0 Å². The smallest absolute Gasteiger partial charge is 0.138 e. The Morgan fingerprint density at radius 2 is 1.93 bits per heavy atom. The number of thiol groups is 1. The summed E-state index contributed by atoms with van der Waals surface area (Å²) in [5.74, 6) is 0.369. The van der Waals surface area contributed by atoms with Crippen LogP contribution in [0.1, 0.15) is 20.3 Å². The molecule has 0 atom stereocenters. The second-order valence-corrected chi connectivity index (χ2v) is 8.54. The van der Waals surface area contributed by atoms with Gasteiger partial charge < -0.3 is 15.8 Å². The van der Waals surface area contributed by atoms with Gasteiger partial charge in [0.25, 0.3) is 0 Å². The average molecular weight is 487 g/mol. The summed E-state index contributed by atoms with van der Waals surface area (Å²) in [6.45, 7) is 4.06. The Morgan fingerprint density at radius 3 is 2.46 bits per heavy atom. The molecule has 0 saturated carbocycles. The third-order valence-corrected chi connectivity index (χ3v) is 5.26. The minimum atomic E-state index is -0.575. The van der Waals surface area contributed by atoms with E-state index in [0.29, 0.717) is 33.2 Å². The number of imidazole rings is 1. The molecule has 0 aliphatic heterocycles. The fourth-order valence-electron chi connectivity index (χ4n) is 2.29. The summed E-state index contributed by atoms with van der Waals surface area (Å²) < 4.78 is 14.0. The molecular weight excluding hydrogens is 465 g/mol. The van der Waals surface area contributed by atoms with E-state index in [-0.39, 0.29) is 5.82 Å². The van der Waals surface area contributed by atoms with Gasteiger partial charge in [-0.2, -0.15) is 0 Å². The van der Waals surface area contributed by atoms with Crippen LogP contribution in [0.2, 0.25) is 5.02 Å². The molecule has 1 aromatic heterocycles. The summed E-state index contributed by atoms with van der Waals surface area (Å²) in [5.41, 5.74) is 6.92. The number of hydrogen-bond donors (Lipinski definition) is 4. The van der Waals surface area contributed by atoms with Gasteiger partial charge in [0.1, 0.15) is 11.6 Å². The lowest BCUT2D eigenvalue weighted by atomic mass is 10.1. The molecule has 0 amide bonds. The van der Waals surface area contributed by atoms with Crippen LogP contribution in [0.4, 0.5) is 4.39 Å². The lowest BCUT2D eigenvalue weighted by Crippen LogP contribution is -2.22. The van der Waals surface area contributed by atoms with Crippen molar-refractivity contribution in [2.45, 2.75) is 30.8 Å². The molecule has 1 heterocycles. The third kappa shape index (κ3) is 6.60. The van der Waals surface area contributed by atoms with Crippen LogP contribution in [0, 0.1) is 5.82 Å². The standard InChI is InChI=1S/C15H9BrClFN2S.C5H13NO/c16-10-3-1-8(5-12(10)18)13-7-19-15(20-13)9-2-4-11(17)14(21)6-9;1-5(2,7)3-4-6/h1-7,21H,(H,19,20);7H,3-4,6H2,1-2H3. The minimum absolute atomic E-state index is 0.312. The second kappa shape index (κ2) is 9.89. The summed E-state index contributed by atoms with van der Waals surface area (Å²) in [5, 5.41) is 9.52. The summed E-state index contributed by atoms with van der Waals surface area (Å²) in [6, 6.07) is 10.4. The highest BCUT2D eigenvalue weighted by molar-refractivity contribution is 9.10. The van der Waals surface area contributed by atoms with Crippen molar-refractivity contribution in [2.75, 3.05) is 6.54 Å². The largest absolute Gasteiger partial charge is 0.390 e. The summed E-state index contributed by atoms with van der Waals surface area (Å²) in [7, 11) is 0. The van der Waals surface area contributed by atoms with Crippen molar-refractivity contribution in [1.82, 2.24) is 9.97 Å². The second-order valence-electron chi connectivity index (χ2n) is 6.79. The topological polar surface area (TPSA) is 74.9 Å². The van der Waals surface area contributed by atoms with Crippen LogP contribution in [0.25, 0.3) is 22.6 Å². The first-order valence-electron chi connectivity index (χ1n) is 8.52. The zero-order valence-electron chi connectivity index (χ0n) is 15.5. The number of H-pyrrole nitrogens is 1. The fourth-order valence-corrected chi connectivity index (χ4v) is 2.87. The Hall–Kier alpha value is -1.38. The molecule has 28 heavy (non-hydrogen) atoms.